The molecule has 0 N–H and O–H groups in total. The summed E-state index contributed by atoms with van der Waals surface area (Å²) in [7, 11) is -1.73. The number of morpholine rings is 1. The van der Waals surface area contributed by atoms with Gasteiger partial charge < -0.3 is 9.16 Å². The molecule has 132 valence electrons. The SMILES string of the molecule is CC(C)(C)[Si](C)(C)OCC#CC(c1ccccc1)N1CCOCC1. The maximum absolute atomic E-state index is 6.19. The van der Waals surface area contributed by atoms with E-state index in [1.807, 2.05) is 6.07 Å². The monoisotopic (exact) mass is 345 g/mol. The Morgan fingerprint density at radius 3 is 2.38 bits per heavy atom. The van der Waals surface area contributed by atoms with Gasteiger partial charge in [-0.05, 0) is 23.7 Å². The van der Waals surface area contributed by atoms with Crippen molar-refractivity contribution in [3.05, 3.63) is 35.9 Å². The summed E-state index contributed by atoms with van der Waals surface area (Å²) in [5.74, 6) is 6.74. The fourth-order valence-electron chi connectivity index (χ4n) is 2.43. The van der Waals surface area contributed by atoms with E-state index in [9.17, 15) is 0 Å². The average molecular weight is 346 g/mol. The van der Waals surface area contributed by atoms with Crippen LogP contribution in [0.1, 0.15) is 32.4 Å². The summed E-state index contributed by atoms with van der Waals surface area (Å²) in [6, 6.07) is 10.6. The Balaban J connectivity index is 2.07. The van der Waals surface area contributed by atoms with Crippen LogP contribution in [0.5, 0.6) is 0 Å². The number of benzene rings is 1. The average Bonchev–Trinajstić information content (AvgIpc) is 2.55. The predicted octanol–water partition coefficient (Wildman–Crippen LogP) is 4.09. The Hall–Kier alpha value is -1.12. The molecule has 0 aromatic heterocycles. The van der Waals surface area contributed by atoms with Crippen LogP contribution in [0.3, 0.4) is 0 Å². The second kappa shape index (κ2) is 8.31. The van der Waals surface area contributed by atoms with Gasteiger partial charge in [-0.1, -0.05) is 62.9 Å². The number of rotatable bonds is 4. The molecular formula is C20H31NO2Si. The lowest BCUT2D eigenvalue weighted by atomic mass is 10.1. The highest BCUT2D eigenvalue weighted by Crippen LogP contribution is 2.36. The lowest BCUT2D eigenvalue weighted by Gasteiger charge is -2.35. The third-order valence-corrected chi connectivity index (χ3v) is 9.55. The van der Waals surface area contributed by atoms with Gasteiger partial charge in [-0.2, -0.15) is 0 Å². The molecule has 1 fully saturated rings. The van der Waals surface area contributed by atoms with Gasteiger partial charge in [-0.25, -0.2) is 0 Å². The quantitative estimate of drug-likeness (QED) is 0.606. The normalized spacial score (nSPS) is 17.9. The van der Waals surface area contributed by atoms with Crippen molar-refractivity contribution in [3.63, 3.8) is 0 Å². The van der Waals surface area contributed by atoms with Crippen LogP contribution in [0.25, 0.3) is 0 Å². The molecule has 0 radical (unpaired) electrons. The topological polar surface area (TPSA) is 21.7 Å². The maximum atomic E-state index is 6.19. The van der Waals surface area contributed by atoms with Gasteiger partial charge in [0.2, 0.25) is 0 Å². The van der Waals surface area contributed by atoms with E-state index in [1.54, 1.807) is 0 Å². The summed E-state index contributed by atoms with van der Waals surface area (Å²) in [6.45, 7) is 15.2. The van der Waals surface area contributed by atoms with Crippen molar-refractivity contribution in [3.8, 4) is 11.8 Å². The molecule has 3 nitrogen and oxygen atoms in total. The summed E-state index contributed by atoms with van der Waals surface area (Å²) in [4.78, 5) is 2.40. The first kappa shape index (κ1) is 19.2. The summed E-state index contributed by atoms with van der Waals surface area (Å²) >= 11 is 0. The van der Waals surface area contributed by atoms with Crippen LogP contribution in [0.4, 0.5) is 0 Å². The predicted molar refractivity (Wildman–Crippen MR) is 103 cm³/mol. The summed E-state index contributed by atoms with van der Waals surface area (Å²) in [5.41, 5.74) is 1.25. The molecular weight excluding hydrogens is 314 g/mol. The van der Waals surface area contributed by atoms with E-state index >= 15 is 0 Å². The molecule has 24 heavy (non-hydrogen) atoms. The third-order valence-electron chi connectivity index (χ3n) is 5.08. The Morgan fingerprint density at radius 2 is 1.79 bits per heavy atom. The zero-order valence-corrected chi connectivity index (χ0v) is 16.8. The summed E-state index contributed by atoms with van der Waals surface area (Å²) in [5, 5.41) is 0.220. The van der Waals surface area contributed by atoms with Gasteiger partial charge in [-0.3, -0.25) is 4.90 Å². The highest BCUT2D eigenvalue weighted by Gasteiger charge is 2.36. The van der Waals surface area contributed by atoms with Crippen molar-refractivity contribution in [2.75, 3.05) is 32.9 Å². The van der Waals surface area contributed by atoms with E-state index in [0.29, 0.717) is 6.61 Å². The number of nitrogens with zero attached hydrogens (tertiary/aromatic N) is 1. The Labute approximate surface area is 148 Å². The van der Waals surface area contributed by atoms with Crippen molar-refractivity contribution in [2.24, 2.45) is 0 Å². The first-order valence-electron chi connectivity index (χ1n) is 8.80. The Morgan fingerprint density at radius 1 is 1.17 bits per heavy atom. The maximum Gasteiger partial charge on any atom is 0.193 e. The fourth-order valence-corrected chi connectivity index (χ4v) is 3.29. The van der Waals surface area contributed by atoms with Gasteiger partial charge in [-0.15, -0.1) is 0 Å². The van der Waals surface area contributed by atoms with Crippen LogP contribution in [-0.2, 0) is 9.16 Å². The molecule has 0 spiro atoms. The zero-order chi connectivity index (χ0) is 17.6. The van der Waals surface area contributed by atoms with E-state index < -0.39 is 8.32 Å². The molecule has 0 amide bonds. The van der Waals surface area contributed by atoms with Crippen LogP contribution in [0.2, 0.25) is 18.1 Å². The number of hydrogen-bond donors (Lipinski definition) is 0. The van der Waals surface area contributed by atoms with Crippen LogP contribution in [-0.4, -0.2) is 46.1 Å². The first-order valence-corrected chi connectivity index (χ1v) is 11.7. The minimum atomic E-state index is -1.73. The molecule has 1 atom stereocenters. The highest BCUT2D eigenvalue weighted by molar-refractivity contribution is 6.74. The molecule has 1 aromatic carbocycles. The van der Waals surface area contributed by atoms with Crippen LogP contribution in [0.15, 0.2) is 30.3 Å². The largest absolute Gasteiger partial charge is 0.406 e. The van der Waals surface area contributed by atoms with Gasteiger partial charge in [0.25, 0.3) is 0 Å². The number of hydrogen-bond acceptors (Lipinski definition) is 3. The van der Waals surface area contributed by atoms with Crippen molar-refractivity contribution in [1.82, 2.24) is 4.90 Å². The molecule has 2 rings (SSSR count). The molecule has 0 saturated carbocycles. The number of ether oxygens (including phenoxy) is 1. The van der Waals surface area contributed by atoms with Crippen LogP contribution >= 0.6 is 0 Å². The molecule has 1 aromatic rings. The molecule has 1 saturated heterocycles. The minimum absolute atomic E-state index is 0.123. The summed E-state index contributed by atoms with van der Waals surface area (Å²) in [6.07, 6.45) is 0. The molecule has 1 unspecified atom stereocenters. The lowest BCUT2D eigenvalue weighted by Crippen LogP contribution is -2.41. The van der Waals surface area contributed by atoms with E-state index in [4.69, 9.17) is 9.16 Å². The van der Waals surface area contributed by atoms with Crippen molar-refractivity contribution in [2.45, 2.75) is 44.9 Å². The second-order valence-electron chi connectivity index (χ2n) is 7.83. The molecule has 1 heterocycles. The van der Waals surface area contributed by atoms with E-state index in [-0.39, 0.29) is 11.1 Å². The highest BCUT2D eigenvalue weighted by atomic mass is 28.4. The van der Waals surface area contributed by atoms with Gasteiger partial charge in [0, 0.05) is 13.1 Å². The first-order chi connectivity index (χ1) is 11.3. The molecule has 0 bridgehead atoms. The molecule has 1 aliphatic heterocycles. The van der Waals surface area contributed by atoms with Gasteiger partial charge >= 0.3 is 0 Å². The van der Waals surface area contributed by atoms with E-state index in [2.05, 4.69) is 74.9 Å². The van der Waals surface area contributed by atoms with Gasteiger partial charge in [0.15, 0.2) is 8.32 Å². The van der Waals surface area contributed by atoms with Crippen molar-refractivity contribution < 1.29 is 9.16 Å². The van der Waals surface area contributed by atoms with Gasteiger partial charge in [0.1, 0.15) is 0 Å². The van der Waals surface area contributed by atoms with Crippen LogP contribution < -0.4 is 0 Å². The van der Waals surface area contributed by atoms with Crippen molar-refractivity contribution >= 4 is 8.32 Å². The Bertz CT molecular complexity index is 563. The second-order valence-corrected chi connectivity index (χ2v) is 12.6. The molecule has 0 aliphatic carbocycles. The van der Waals surface area contributed by atoms with E-state index in [1.165, 1.54) is 5.56 Å². The third kappa shape index (κ3) is 5.19. The smallest absolute Gasteiger partial charge is 0.193 e. The molecule has 1 aliphatic rings. The fraction of sp³-hybridized carbons (Fsp3) is 0.600. The molecule has 4 heteroatoms. The Kier molecular flexibility index (Phi) is 6.65. The van der Waals surface area contributed by atoms with Crippen LogP contribution in [0, 0.1) is 11.8 Å². The van der Waals surface area contributed by atoms with E-state index in [0.717, 1.165) is 26.3 Å². The van der Waals surface area contributed by atoms with Crippen molar-refractivity contribution in [1.29, 1.82) is 0 Å². The minimum Gasteiger partial charge on any atom is -0.406 e. The standard InChI is InChI=1S/C20H31NO2Si/c1-20(2,3)24(4,5)23-15-9-12-19(18-10-7-6-8-11-18)21-13-16-22-17-14-21/h6-8,10-11,19H,13-17H2,1-5H3. The lowest BCUT2D eigenvalue weighted by molar-refractivity contribution is 0.0269. The van der Waals surface area contributed by atoms with Gasteiger partial charge in [0.05, 0.1) is 25.9 Å². The zero-order valence-electron chi connectivity index (χ0n) is 15.8. The summed E-state index contributed by atoms with van der Waals surface area (Å²) < 4.78 is 11.7.